The lowest BCUT2D eigenvalue weighted by molar-refractivity contribution is 0.421. The molecule has 2 aromatic heterocycles. The van der Waals surface area contributed by atoms with Crippen molar-refractivity contribution < 1.29 is 17.3 Å². The minimum Gasteiger partial charge on any atom is -0.428 e. The fourth-order valence-electron chi connectivity index (χ4n) is 2.01. The van der Waals surface area contributed by atoms with E-state index in [1.807, 2.05) is 0 Å². The molecule has 0 atom stereocenters. The first-order valence-electron chi connectivity index (χ1n) is 6.11. The SMILES string of the molecule is O=S(=O)(c1nc2ccccc2o1)c1nc2ccccc2o1. The van der Waals surface area contributed by atoms with Crippen LogP contribution in [0.3, 0.4) is 0 Å². The summed E-state index contributed by atoms with van der Waals surface area (Å²) in [7, 11) is -4.02. The molecule has 0 saturated carbocycles. The van der Waals surface area contributed by atoms with Gasteiger partial charge in [0, 0.05) is 0 Å². The number of rotatable bonds is 2. The van der Waals surface area contributed by atoms with Crippen molar-refractivity contribution in [3.05, 3.63) is 48.5 Å². The standard InChI is InChI=1S/C14H8N2O4S/c17-21(18,13-15-9-5-1-3-7-11(9)19-13)14-16-10-6-2-4-8-12(10)20-14/h1-8H. The molecule has 4 aromatic rings. The molecule has 7 heteroatoms. The fraction of sp³-hybridized carbons (Fsp3) is 0. The van der Waals surface area contributed by atoms with Crippen molar-refractivity contribution in [2.45, 2.75) is 10.4 Å². The topological polar surface area (TPSA) is 86.2 Å². The third-order valence-electron chi connectivity index (χ3n) is 3.01. The number of aromatic nitrogens is 2. The van der Waals surface area contributed by atoms with Crippen molar-refractivity contribution in [3.8, 4) is 0 Å². The summed E-state index contributed by atoms with van der Waals surface area (Å²) in [6.07, 6.45) is 0. The summed E-state index contributed by atoms with van der Waals surface area (Å²) in [4.78, 5) is 7.95. The van der Waals surface area contributed by atoms with E-state index in [-0.39, 0.29) is 0 Å². The Balaban J connectivity index is 1.92. The quantitative estimate of drug-likeness (QED) is 0.566. The van der Waals surface area contributed by atoms with Crippen LogP contribution < -0.4 is 0 Å². The van der Waals surface area contributed by atoms with Gasteiger partial charge in [-0.1, -0.05) is 24.3 Å². The van der Waals surface area contributed by atoms with Crippen LogP contribution in [0.1, 0.15) is 0 Å². The molecular weight excluding hydrogens is 292 g/mol. The van der Waals surface area contributed by atoms with Crippen LogP contribution in [0.25, 0.3) is 22.2 Å². The first-order valence-corrected chi connectivity index (χ1v) is 7.59. The molecule has 0 saturated heterocycles. The smallest absolute Gasteiger partial charge is 0.326 e. The van der Waals surface area contributed by atoms with Gasteiger partial charge in [-0.2, -0.15) is 9.97 Å². The Labute approximate surface area is 119 Å². The van der Waals surface area contributed by atoms with E-state index in [0.29, 0.717) is 22.2 Å². The van der Waals surface area contributed by atoms with Crippen LogP contribution in [0.4, 0.5) is 0 Å². The van der Waals surface area contributed by atoms with Crippen LogP contribution in [0.15, 0.2) is 67.8 Å². The zero-order chi connectivity index (χ0) is 14.4. The number of hydrogen-bond acceptors (Lipinski definition) is 6. The molecule has 0 N–H and O–H groups in total. The summed E-state index contributed by atoms with van der Waals surface area (Å²) < 4.78 is 35.5. The van der Waals surface area contributed by atoms with E-state index >= 15 is 0 Å². The van der Waals surface area contributed by atoms with Crippen LogP contribution >= 0.6 is 0 Å². The van der Waals surface area contributed by atoms with Gasteiger partial charge in [0.1, 0.15) is 11.0 Å². The normalized spacial score (nSPS) is 12.2. The van der Waals surface area contributed by atoms with Crippen molar-refractivity contribution >= 4 is 32.0 Å². The van der Waals surface area contributed by atoms with Crippen molar-refractivity contribution in [3.63, 3.8) is 0 Å². The van der Waals surface area contributed by atoms with Crippen LogP contribution in [-0.4, -0.2) is 18.4 Å². The first kappa shape index (κ1) is 12.1. The summed E-state index contributed by atoms with van der Waals surface area (Å²) in [5, 5.41) is -0.842. The highest BCUT2D eigenvalue weighted by Gasteiger charge is 2.30. The van der Waals surface area contributed by atoms with E-state index in [1.54, 1.807) is 48.5 Å². The maximum Gasteiger partial charge on any atom is 0.326 e. The Morgan fingerprint density at radius 3 is 1.57 bits per heavy atom. The Morgan fingerprint density at radius 1 is 0.714 bits per heavy atom. The number of sulfone groups is 1. The molecule has 0 spiro atoms. The maximum atomic E-state index is 12.5. The second kappa shape index (κ2) is 4.16. The summed E-state index contributed by atoms with van der Waals surface area (Å²) in [6.45, 7) is 0. The highest BCUT2D eigenvalue weighted by molar-refractivity contribution is 7.91. The van der Waals surface area contributed by atoms with Crippen molar-refractivity contribution in [1.82, 2.24) is 9.97 Å². The molecule has 0 fully saturated rings. The Hall–Kier alpha value is -2.67. The predicted octanol–water partition coefficient (Wildman–Crippen LogP) is 2.80. The molecule has 0 unspecified atom stereocenters. The molecule has 0 aliphatic carbocycles. The minimum atomic E-state index is -4.02. The lowest BCUT2D eigenvalue weighted by Crippen LogP contribution is -2.02. The molecular formula is C14H8N2O4S. The summed E-state index contributed by atoms with van der Waals surface area (Å²) >= 11 is 0. The van der Waals surface area contributed by atoms with Crippen LogP contribution in [-0.2, 0) is 9.84 Å². The second-order valence-electron chi connectivity index (χ2n) is 4.40. The Bertz CT molecular complexity index is 917. The molecule has 0 radical (unpaired) electrons. The van der Waals surface area contributed by atoms with Gasteiger partial charge < -0.3 is 8.83 Å². The van der Waals surface area contributed by atoms with Crippen LogP contribution in [0.5, 0.6) is 0 Å². The second-order valence-corrected chi connectivity index (χ2v) is 6.10. The average Bonchev–Trinajstić information content (AvgIpc) is 3.11. The Kier molecular flexibility index (Phi) is 2.40. The molecule has 4 rings (SSSR count). The van der Waals surface area contributed by atoms with E-state index in [0.717, 1.165) is 0 Å². The van der Waals surface area contributed by atoms with Gasteiger partial charge in [-0.15, -0.1) is 0 Å². The van der Waals surface area contributed by atoms with Gasteiger partial charge >= 0.3 is 20.3 Å². The summed E-state index contributed by atoms with van der Waals surface area (Å²) in [5.74, 6) is 0. The molecule has 21 heavy (non-hydrogen) atoms. The molecule has 0 bridgehead atoms. The van der Waals surface area contributed by atoms with Gasteiger partial charge in [-0.05, 0) is 24.3 Å². The van der Waals surface area contributed by atoms with Crippen molar-refractivity contribution in [2.75, 3.05) is 0 Å². The molecule has 6 nitrogen and oxygen atoms in total. The Morgan fingerprint density at radius 2 is 1.14 bits per heavy atom. The van der Waals surface area contributed by atoms with E-state index in [9.17, 15) is 8.42 Å². The highest BCUT2D eigenvalue weighted by Crippen LogP contribution is 2.26. The molecule has 0 aliphatic rings. The lowest BCUT2D eigenvalue weighted by atomic mass is 10.3. The van der Waals surface area contributed by atoms with Gasteiger partial charge in [0.05, 0.1) is 0 Å². The van der Waals surface area contributed by atoms with E-state index in [1.165, 1.54) is 0 Å². The van der Waals surface area contributed by atoms with Gasteiger partial charge in [0.25, 0.3) is 0 Å². The third-order valence-corrected chi connectivity index (χ3v) is 4.28. The predicted molar refractivity (Wildman–Crippen MR) is 73.5 cm³/mol. The van der Waals surface area contributed by atoms with E-state index in [2.05, 4.69) is 9.97 Å². The number of para-hydroxylation sites is 4. The summed E-state index contributed by atoms with van der Waals surface area (Å²) in [5.41, 5.74) is 1.72. The van der Waals surface area contributed by atoms with E-state index in [4.69, 9.17) is 8.83 Å². The fourth-order valence-corrected chi connectivity index (χ4v) is 2.99. The number of benzene rings is 2. The van der Waals surface area contributed by atoms with Gasteiger partial charge in [-0.25, -0.2) is 8.42 Å². The van der Waals surface area contributed by atoms with Crippen molar-refractivity contribution in [1.29, 1.82) is 0 Å². The lowest BCUT2D eigenvalue weighted by Gasteiger charge is -1.91. The van der Waals surface area contributed by atoms with Crippen LogP contribution in [0.2, 0.25) is 0 Å². The minimum absolute atomic E-state index is 0.396. The van der Waals surface area contributed by atoms with Crippen molar-refractivity contribution in [2.24, 2.45) is 0 Å². The van der Waals surface area contributed by atoms with E-state index < -0.39 is 20.3 Å². The van der Waals surface area contributed by atoms with Crippen LogP contribution in [0, 0.1) is 0 Å². The largest absolute Gasteiger partial charge is 0.428 e. The van der Waals surface area contributed by atoms with Gasteiger partial charge in [0.2, 0.25) is 0 Å². The average molecular weight is 300 g/mol. The first-order chi connectivity index (χ1) is 10.1. The molecule has 0 amide bonds. The zero-order valence-corrected chi connectivity index (χ0v) is 11.4. The summed E-state index contributed by atoms with van der Waals surface area (Å²) in [6, 6.07) is 13.6. The number of oxazole rings is 2. The number of nitrogens with zero attached hydrogens (tertiary/aromatic N) is 2. The van der Waals surface area contributed by atoms with Gasteiger partial charge in [-0.3, -0.25) is 0 Å². The molecule has 2 heterocycles. The zero-order valence-electron chi connectivity index (χ0n) is 10.6. The number of fused-ring (bicyclic) bond motifs is 2. The monoisotopic (exact) mass is 300 g/mol. The molecule has 104 valence electrons. The number of hydrogen-bond donors (Lipinski definition) is 0. The third kappa shape index (κ3) is 1.82. The molecule has 0 aliphatic heterocycles. The van der Waals surface area contributed by atoms with Gasteiger partial charge in [0.15, 0.2) is 11.2 Å². The maximum absolute atomic E-state index is 12.5. The molecule has 2 aromatic carbocycles. The highest BCUT2D eigenvalue weighted by atomic mass is 32.2.